The second kappa shape index (κ2) is 12.7. The van der Waals surface area contributed by atoms with E-state index in [0.29, 0.717) is 42.0 Å². The number of carbonyl (C=O) groups is 2. The number of ether oxygens (including phenoxy) is 3. The smallest absolute Gasteiger partial charge is 0.262 e. The topological polar surface area (TPSA) is 85.9 Å². The molecule has 0 aromatic heterocycles. The second-order valence-corrected chi connectivity index (χ2v) is 7.83. The quantitative estimate of drug-likeness (QED) is 0.512. The molecule has 1 aliphatic rings. The number of rotatable bonds is 11. The average Bonchev–Trinajstić information content (AvgIpc) is 2.83. The summed E-state index contributed by atoms with van der Waals surface area (Å²) >= 11 is 0. The van der Waals surface area contributed by atoms with E-state index in [9.17, 15) is 9.59 Å². The maximum absolute atomic E-state index is 12.3. The molecule has 0 bridgehead atoms. The van der Waals surface area contributed by atoms with Crippen molar-refractivity contribution in [2.75, 3.05) is 32.2 Å². The zero-order valence-electron chi connectivity index (χ0n) is 18.6. The molecular weight excluding hydrogens is 408 g/mol. The zero-order chi connectivity index (χ0) is 22.6. The summed E-state index contributed by atoms with van der Waals surface area (Å²) in [5.74, 6) is 0.762. The van der Waals surface area contributed by atoms with Gasteiger partial charge in [-0.15, -0.1) is 0 Å². The first-order valence-electron chi connectivity index (χ1n) is 11.2. The van der Waals surface area contributed by atoms with Crippen molar-refractivity contribution in [3.63, 3.8) is 0 Å². The standard InChI is InChI=1S/C25H32N2O5/c1-30-23-10-5-7-20(17-23)27-24(28)18-32-22-13-11-19(12-14-22)25(29)26-15-6-16-31-21-8-3-2-4-9-21/h5,7,10-14,17,21H,2-4,6,8-9,15-16,18H2,1H3,(H,26,29)(H,27,28). The molecule has 0 saturated heterocycles. The van der Waals surface area contributed by atoms with E-state index in [1.165, 1.54) is 19.3 Å². The normalized spacial score (nSPS) is 13.9. The van der Waals surface area contributed by atoms with Gasteiger partial charge in [0.2, 0.25) is 0 Å². The van der Waals surface area contributed by atoms with Gasteiger partial charge in [-0.25, -0.2) is 0 Å². The van der Waals surface area contributed by atoms with E-state index in [2.05, 4.69) is 10.6 Å². The summed E-state index contributed by atoms with van der Waals surface area (Å²) in [6.45, 7) is 1.12. The van der Waals surface area contributed by atoms with E-state index in [1.54, 1.807) is 55.6 Å². The fourth-order valence-corrected chi connectivity index (χ4v) is 3.61. The summed E-state index contributed by atoms with van der Waals surface area (Å²) in [7, 11) is 1.57. The molecule has 0 heterocycles. The van der Waals surface area contributed by atoms with Crippen molar-refractivity contribution in [3.8, 4) is 11.5 Å². The monoisotopic (exact) mass is 440 g/mol. The van der Waals surface area contributed by atoms with Crippen molar-refractivity contribution in [1.29, 1.82) is 0 Å². The summed E-state index contributed by atoms with van der Waals surface area (Å²) in [5.41, 5.74) is 1.18. The lowest BCUT2D eigenvalue weighted by Gasteiger charge is -2.21. The second-order valence-electron chi connectivity index (χ2n) is 7.83. The summed E-state index contributed by atoms with van der Waals surface area (Å²) in [5, 5.41) is 5.66. The molecule has 1 saturated carbocycles. The van der Waals surface area contributed by atoms with Crippen molar-refractivity contribution in [3.05, 3.63) is 54.1 Å². The molecule has 1 fully saturated rings. The third-order valence-corrected chi connectivity index (χ3v) is 5.35. The van der Waals surface area contributed by atoms with Gasteiger partial charge in [0.15, 0.2) is 6.61 Å². The highest BCUT2D eigenvalue weighted by Gasteiger charge is 2.13. The van der Waals surface area contributed by atoms with Gasteiger partial charge in [0.1, 0.15) is 11.5 Å². The van der Waals surface area contributed by atoms with Crippen LogP contribution in [-0.4, -0.2) is 44.8 Å². The zero-order valence-corrected chi connectivity index (χ0v) is 18.6. The Kier molecular flexibility index (Phi) is 9.37. The molecule has 0 radical (unpaired) electrons. The first kappa shape index (κ1) is 23.6. The fraction of sp³-hybridized carbons (Fsp3) is 0.440. The Labute approximate surface area is 189 Å². The van der Waals surface area contributed by atoms with Crippen LogP contribution in [0.4, 0.5) is 5.69 Å². The van der Waals surface area contributed by atoms with Gasteiger partial charge in [0.05, 0.1) is 13.2 Å². The number of anilines is 1. The Balaban J connectivity index is 1.33. The molecule has 1 aliphatic carbocycles. The van der Waals surface area contributed by atoms with Crippen molar-refractivity contribution >= 4 is 17.5 Å². The SMILES string of the molecule is COc1cccc(NC(=O)COc2ccc(C(=O)NCCCOC3CCCCC3)cc2)c1. The summed E-state index contributed by atoms with van der Waals surface area (Å²) in [6, 6.07) is 13.8. The number of carbonyl (C=O) groups excluding carboxylic acids is 2. The van der Waals surface area contributed by atoms with Crippen LogP contribution in [0, 0.1) is 0 Å². The number of methoxy groups -OCH3 is 1. The van der Waals surface area contributed by atoms with Crippen molar-refractivity contribution in [2.24, 2.45) is 0 Å². The van der Waals surface area contributed by atoms with Crippen LogP contribution < -0.4 is 20.1 Å². The van der Waals surface area contributed by atoms with Crippen LogP contribution in [-0.2, 0) is 9.53 Å². The average molecular weight is 441 g/mol. The van der Waals surface area contributed by atoms with Crippen molar-refractivity contribution in [2.45, 2.75) is 44.6 Å². The third-order valence-electron chi connectivity index (χ3n) is 5.35. The van der Waals surface area contributed by atoms with Gasteiger partial charge in [-0.2, -0.15) is 0 Å². The molecule has 3 rings (SSSR count). The van der Waals surface area contributed by atoms with Gasteiger partial charge in [-0.05, 0) is 55.7 Å². The highest BCUT2D eigenvalue weighted by Crippen LogP contribution is 2.20. The van der Waals surface area contributed by atoms with Crippen LogP contribution in [0.25, 0.3) is 0 Å². The molecule has 0 aliphatic heterocycles. The van der Waals surface area contributed by atoms with E-state index in [4.69, 9.17) is 14.2 Å². The molecular formula is C25H32N2O5. The van der Waals surface area contributed by atoms with Crippen molar-refractivity contribution < 1.29 is 23.8 Å². The molecule has 7 heteroatoms. The molecule has 2 aromatic rings. The van der Waals surface area contributed by atoms with E-state index in [0.717, 1.165) is 19.3 Å². The van der Waals surface area contributed by atoms with Crippen LogP contribution in [0.3, 0.4) is 0 Å². The van der Waals surface area contributed by atoms with Gasteiger partial charge < -0.3 is 24.8 Å². The van der Waals surface area contributed by atoms with E-state index in [-0.39, 0.29) is 18.4 Å². The Morgan fingerprint density at radius 1 is 1.00 bits per heavy atom. The van der Waals surface area contributed by atoms with Crippen molar-refractivity contribution in [1.82, 2.24) is 5.32 Å². The fourth-order valence-electron chi connectivity index (χ4n) is 3.61. The highest BCUT2D eigenvalue weighted by molar-refractivity contribution is 5.94. The van der Waals surface area contributed by atoms with Crippen LogP contribution in [0.5, 0.6) is 11.5 Å². The van der Waals surface area contributed by atoms with E-state index >= 15 is 0 Å². The lowest BCUT2D eigenvalue weighted by atomic mass is 9.98. The molecule has 2 amide bonds. The number of hydrogen-bond acceptors (Lipinski definition) is 5. The Bertz CT molecular complexity index is 863. The minimum absolute atomic E-state index is 0.134. The highest BCUT2D eigenvalue weighted by atomic mass is 16.5. The van der Waals surface area contributed by atoms with Crippen LogP contribution in [0.15, 0.2) is 48.5 Å². The molecule has 32 heavy (non-hydrogen) atoms. The van der Waals surface area contributed by atoms with E-state index < -0.39 is 0 Å². The first-order chi connectivity index (χ1) is 15.6. The molecule has 0 unspecified atom stereocenters. The van der Waals surface area contributed by atoms with Crippen LogP contribution in [0.2, 0.25) is 0 Å². The first-order valence-corrected chi connectivity index (χ1v) is 11.2. The molecule has 2 aromatic carbocycles. The number of amides is 2. The Morgan fingerprint density at radius 2 is 1.78 bits per heavy atom. The molecule has 0 atom stereocenters. The minimum atomic E-state index is -0.282. The Morgan fingerprint density at radius 3 is 2.53 bits per heavy atom. The lowest BCUT2D eigenvalue weighted by molar-refractivity contribution is -0.118. The maximum atomic E-state index is 12.3. The summed E-state index contributed by atoms with van der Waals surface area (Å²) in [4.78, 5) is 24.4. The molecule has 172 valence electrons. The number of benzene rings is 2. The van der Waals surface area contributed by atoms with Gasteiger partial charge in [0, 0.05) is 30.5 Å². The minimum Gasteiger partial charge on any atom is -0.497 e. The van der Waals surface area contributed by atoms with Gasteiger partial charge in [-0.3, -0.25) is 9.59 Å². The predicted octanol–water partition coefficient (Wildman–Crippen LogP) is 4.18. The van der Waals surface area contributed by atoms with E-state index in [1.807, 2.05) is 0 Å². The third kappa shape index (κ3) is 7.89. The largest absolute Gasteiger partial charge is 0.497 e. The molecule has 0 spiro atoms. The predicted molar refractivity (Wildman–Crippen MR) is 123 cm³/mol. The maximum Gasteiger partial charge on any atom is 0.262 e. The lowest BCUT2D eigenvalue weighted by Crippen LogP contribution is -2.26. The van der Waals surface area contributed by atoms with Gasteiger partial charge in [0.25, 0.3) is 11.8 Å². The van der Waals surface area contributed by atoms with Gasteiger partial charge >= 0.3 is 0 Å². The van der Waals surface area contributed by atoms with Gasteiger partial charge in [-0.1, -0.05) is 25.3 Å². The molecule has 7 nitrogen and oxygen atoms in total. The summed E-state index contributed by atoms with van der Waals surface area (Å²) < 4.78 is 16.5. The summed E-state index contributed by atoms with van der Waals surface area (Å²) in [6.07, 6.45) is 7.33. The van der Waals surface area contributed by atoms with Crippen LogP contribution >= 0.6 is 0 Å². The number of hydrogen-bond donors (Lipinski definition) is 2. The molecule has 2 N–H and O–H groups in total. The Hall–Kier alpha value is -3.06. The van der Waals surface area contributed by atoms with Crippen LogP contribution in [0.1, 0.15) is 48.9 Å². The number of nitrogens with one attached hydrogen (secondary N) is 2.